The van der Waals surface area contributed by atoms with Crippen molar-refractivity contribution in [1.82, 2.24) is 19.9 Å². The maximum atomic E-state index is 12.7. The Bertz CT molecular complexity index is 1090. The summed E-state index contributed by atoms with van der Waals surface area (Å²) in [4.78, 5) is 20.0. The molecule has 7 nitrogen and oxygen atoms in total. The van der Waals surface area contributed by atoms with Gasteiger partial charge in [-0.15, -0.1) is 11.6 Å². The fraction of sp³-hybridized carbons (Fsp3) is 0.440. The van der Waals surface area contributed by atoms with Crippen LogP contribution in [0.15, 0.2) is 42.7 Å². The molecule has 2 N–H and O–H groups in total. The lowest BCUT2D eigenvalue weighted by Crippen LogP contribution is -2.36. The molecule has 0 unspecified atom stereocenters. The summed E-state index contributed by atoms with van der Waals surface area (Å²) in [5.74, 6) is 1.94. The first kappa shape index (κ1) is 24.3. The lowest BCUT2D eigenvalue weighted by atomic mass is 10.0. The Morgan fingerprint density at radius 2 is 1.88 bits per heavy atom. The summed E-state index contributed by atoms with van der Waals surface area (Å²) in [5, 5.41) is 12.6. The van der Waals surface area contributed by atoms with Crippen molar-refractivity contribution in [1.29, 1.82) is 0 Å². The van der Waals surface area contributed by atoms with Crippen LogP contribution in [0.3, 0.4) is 0 Å². The molecule has 1 aliphatic heterocycles. The van der Waals surface area contributed by atoms with Crippen LogP contribution in [-0.4, -0.2) is 50.9 Å². The minimum Gasteiger partial charge on any atom is -0.393 e. The number of anilines is 2. The molecule has 1 saturated heterocycles. The molecule has 4 rings (SSSR count). The Hall–Kier alpha value is -2.84. The van der Waals surface area contributed by atoms with Gasteiger partial charge in [-0.3, -0.25) is 4.39 Å². The average molecular weight is 485 g/mol. The van der Waals surface area contributed by atoms with Crippen LogP contribution in [0, 0.1) is 6.92 Å². The van der Waals surface area contributed by atoms with E-state index in [-0.39, 0.29) is 18.6 Å². The summed E-state index contributed by atoms with van der Waals surface area (Å²) in [7, 11) is 0. The zero-order valence-corrected chi connectivity index (χ0v) is 20.2. The first-order chi connectivity index (χ1) is 16.4. The van der Waals surface area contributed by atoms with E-state index in [0.717, 1.165) is 42.6 Å². The summed E-state index contributed by atoms with van der Waals surface area (Å²) in [6.45, 7) is 4.90. The van der Waals surface area contributed by atoms with Gasteiger partial charge in [0.2, 0.25) is 5.95 Å². The molecule has 3 heterocycles. The fourth-order valence-electron chi connectivity index (χ4n) is 4.06. The molecule has 180 valence electrons. The lowest BCUT2D eigenvalue weighted by molar-refractivity contribution is 0.145. The van der Waals surface area contributed by atoms with Crippen molar-refractivity contribution in [2.45, 2.75) is 50.6 Å². The normalized spacial score (nSPS) is 16.3. The Kier molecular flexibility index (Phi) is 7.90. The minimum atomic E-state index is -0.491. The van der Waals surface area contributed by atoms with Gasteiger partial charge in [-0.2, -0.15) is 0 Å². The molecule has 0 amide bonds. The number of nitrogens with one attached hydrogen (secondary N) is 1. The average Bonchev–Trinajstić information content (AvgIpc) is 2.84. The zero-order chi connectivity index (χ0) is 24.1. The second-order valence-corrected chi connectivity index (χ2v) is 9.18. The zero-order valence-electron chi connectivity index (χ0n) is 19.5. The van der Waals surface area contributed by atoms with Crippen molar-refractivity contribution in [3.8, 4) is 11.1 Å². The molecule has 0 aliphatic carbocycles. The Morgan fingerprint density at radius 3 is 2.59 bits per heavy atom. The Balaban J connectivity index is 1.47. The molecule has 2 atom stereocenters. The first-order valence-electron chi connectivity index (χ1n) is 11.6. The molecule has 3 aromatic rings. The summed E-state index contributed by atoms with van der Waals surface area (Å²) in [6.07, 6.45) is 5.17. The Morgan fingerprint density at radius 1 is 1.15 bits per heavy atom. The predicted molar refractivity (Wildman–Crippen MR) is 133 cm³/mol. The van der Waals surface area contributed by atoms with E-state index in [1.807, 2.05) is 24.5 Å². The molecular formula is C25H30ClFN6O. The van der Waals surface area contributed by atoms with Gasteiger partial charge in [0.15, 0.2) is 0 Å². The molecule has 0 saturated carbocycles. The second kappa shape index (κ2) is 11.1. The summed E-state index contributed by atoms with van der Waals surface area (Å²) in [6, 6.07) is 9.96. The fourth-order valence-corrected chi connectivity index (χ4v) is 4.26. The van der Waals surface area contributed by atoms with Crippen LogP contribution < -0.4 is 10.2 Å². The number of alkyl halides is 2. The number of aliphatic hydroxyl groups excluding tert-OH is 1. The number of aliphatic hydroxyl groups is 1. The van der Waals surface area contributed by atoms with Gasteiger partial charge in [0.1, 0.15) is 11.6 Å². The number of aromatic nitrogens is 4. The molecule has 9 heteroatoms. The predicted octanol–water partition coefficient (Wildman–Crippen LogP) is 5.02. The Labute approximate surface area is 204 Å². The molecule has 34 heavy (non-hydrogen) atoms. The van der Waals surface area contributed by atoms with E-state index in [0.29, 0.717) is 23.3 Å². The van der Waals surface area contributed by atoms with Crippen LogP contribution in [0.2, 0.25) is 0 Å². The molecule has 1 aliphatic rings. The quantitative estimate of drug-likeness (QED) is 0.434. The largest absolute Gasteiger partial charge is 0.393 e. The molecule has 0 spiro atoms. The highest BCUT2D eigenvalue weighted by Crippen LogP contribution is 2.28. The summed E-state index contributed by atoms with van der Waals surface area (Å²) in [5.41, 5.74) is 3.66. The van der Waals surface area contributed by atoms with E-state index < -0.39 is 12.1 Å². The number of benzene rings is 1. The van der Waals surface area contributed by atoms with Gasteiger partial charge in [-0.05, 0) is 50.3 Å². The van der Waals surface area contributed by atoms with E-state index >= 15 is 0 Å². The monoisotopic (exact) mass is 484 g/mol. The molecule has 2 aromatic heterocycles. The number of nitrogens with zero attached hydrogens (tertiary/aromatic N) is 5. The summed E-state index contributed by atoms with van der Waals surface area (Å²) >= 11 is 6.28. The van der Waals surface area contributed by atoms with E-state index in [9.17, 15) is 9.50 Å². The van der Waals surface area contributed by atoms with Gasteiger partial charge in [-0.25, -0.2) is 19.9 Å². The number of halogens is 2. The third-order valence-electron chi connectivity index (χ3n) is 6.01. The van der Waals surface area contributed by atoms with E-state index in [4.69, 9.17) is 11.6 Å². The molecule has 1 fully saturated rings. The van der Waals surface area contributed by atoms with Gasteiger partial charge in [-0.1, -0.05) is 18.2 Å². The number of piperidine rings is 1. The third-order valence-corrected chi connectivity index (χ3v) is 6.45. The molecular weight excluding hydrogens is 455 g/mol. The van der Waals surface area contributed by atoms with Crippen molar-refractivity contribution in [3.05, 3.63) is 59.8 Å². The van der Waals surface area contributed by atoms with E-state index in [2.05, 4.69) is 49.2 Å². The SMILES string of the molecule is Cc1nc(N[C@@H](C)c2cccc(-c3cnc(N4CCC(O)CC4)nc3)c2)cc([C@@H](Cl)CCF)n1. The highest BCUT2D eigenvalue weighted by atomic mass is 35.5. The van der Waals surface area contributed by atoms with Crippen LogP contribution in [-0.2, 0) is 0 Å². The van der Waals surface area contributed by atoms with E-state index in [1.165, 1.54) is 0 Å². The summed E-state index contributed by atoms with van der Waals surface area (Å²) < 4.78 is 12.7. The van der Waals surface area contributed by atoms with E-state index in [1.54, 1.807) is 13.0 Å². The van der Waals surface area contributed by atoms with Gasteiger partial charge in [0.05, 0.1) is 23.8 Å². The first-order valence-corrected chi connectivity index (χ1v) is 12.0. The van der Waals surface area contributed by atoms with Crippen LogP contribution in [0.4, 0.5) is 16.2 Å². The smallest absolute Gasteiger partial charge is 0.225 e. The maximum absolute atomic E-state index is 12.7. The molecule has 0 radical (unpaired) electrons. The van der Waals surface area contributed by atoms with Crippen LogP contribution in [0.25, 0.3) is 11.1 Å². The van der Waals surface area contributed by atoms with Crippen LogP contribution >= 0.6 is 11.6 Å². The lowest BCUT2D eigenvalue weighted by Gasteiger charge is -2.29. The standard InChI is InChI=1S/C25H30ClFN6O/c1-16(30-24-13-23(22(26)6-9-27)31-17(2)32-24)18-4-3-5-19(12-18)20-14-28-25(29-15-20)33-10-7-21(34)8-11-33/h3-5,12-16,21-22,34H,6-11H2,1-2H3,(H,30,31,32)/t16-,22-/m0/s1. The number of aryl methyl sites for hydroxylation is 1. The van der Waals surface area contributed by atoms with Crippen molar-refractivity contribution in [2.24, 2.45) is 0 Å². The highest BCUT2D eigenvalue weighted by molar-refractivity contribution is 6.20. The van der Waals surface area contributed by atoms with Crippen molar-refractivity contribution >= 4 is 23.4 Å². The van der Waals surface area contributed by atoms with Crippen LogP contribution in [0.5, 0.6) is 0 Å². The van der Waals surface area contributed by atoms with Gasteiger partial charge in [0.25, 0.3) is 0 Å². The van der Waals surface area contributed by atoms with Crippen molar-refractivity contribution < 1.29 is 9.50 Å². The molecule has 1 aromatic carbocycles. The number of hydrogen-bond acceptors (Lipinski definition) is 7. The van der Waals surface area contributed by atoms with Gasteiger partial charge in [0, 0.05) is 43.2 Å². The van der Waals surface area contributed by atoms with Gasteiger partial charge >= 0.3 is 0 Å². The van der Waals surface area contributed by atoms with Crippen molar-refractivity contribution in [3.63, 3.8) is 0 Å². The van der Waals surface area contributed by atoms with Gasteiger partial charge < -0.3 is 15.3 Å². The second-order valence-electron chi connectivity index (χ2n) is 8.65. The number of rotatable bonds is 8. The topological polar surface area (TPSA) is 87.1 Å². The number of hydrogen-bond donors (Lipinski definition) is 2. The van der Waals surface area contributed by atoms with Crippen LogP contribution in [0.1, 0.15) is 54.7 Å². The van der Waals surface area contributed by atoms with Crippen molar-refractivity contribution in [2.75, 3.05) is 30.0 Å². The molecule has 0 bridgehead atoms. The maximum Gasteiger partial charge on any atom is 0.225 e. The third kappa shape index (κ3) is 5.98. The highest BCUT2D eigenvalue weighted by Gasteiger charge is 2.19. The minimum absolute atomic E-state index is 0.0305.